The maximum atomic E-state index is 11.6. The molecule has 0 aliphatic carbocycles. The summed E-state index contributed by atoms with van der Waals surface area (Å²) >= 11 is 1.54. The summed E-state index contributed by atoms with van der Waals surface area (Å²) in [7, 11) is -1.77. The zero-order valence-corrected chi connectivity index (χ0v) is 14.3. The van der Waals surface area contributed by atoms with E-state index in [2.05, 4.69) is 4.99 Å². The summed E-state index contributed by atoms with van der Waals surface area (Å²) in [5.74, 6) is 0.316. The van der Waals surface area contributed by atoms with E-state index in [-0.39, 0.29) is 12.4 Å². The van der Waals surface area contributed by atoms with Gasteiger partial charge in [-0.05, 0) is 25.1 Å². The zero-order chi connectivity index (χ0) is 16.3. The van der Waals surface area contributed by atoms with E-state index >= 15 is 0 Å². The van der Waals surface area contributed by atoms with Crippen LogP contribution in [0.3, 0.4) is 0 Å². The molecule has 0 saturated heterocycles. The van der Waals surface area contributed by atoms with Crippen LogP contribution in [0, 0.1) is 0 Å². The molecule has 0 unspecified atom stereocenters. The lowest BCUT2D eigenvalue weighted by molar-refractivity contribution is -0.141. The molecule has 0 amide bonds. The van der Waals surface area contributed by atoms with Crippen molar-refractivity contribution >= 4 is 44.8 Å². The average Bonchev–Trinajstić information content (AvgIpc) is 2.45. The first-order valence-electron chi connectivity index (χ1n) is 6.74. The summed E-state index contributed by atoms with van der Waals surface area (Å²) in [6.07, 6.45) is 1.35. The quantitative estimate of drug-likeness (QED) is 0.767. The Kier molecular flexibility index (Phi) is 5.12. The number of sulfonamides is 1. The molecule has 0 fully saturated rings. The Morgan fingerprint density at radius 1 is 1.45 bits per heavy atom. The maximum absolute atomic E-state index is 11.6. The van der Waals surface area contributed by atoms with Crippen LogP contribution < -0.4 is 4.31 Å². The van der Waals surface area contributed by atoms with E-state index in [1.807, 2.05) is 0 Å². The number of hydrogen-bond acceptors (Lipinski definition) is 6. The molecular formula is C14H18N2O4S2. The predicted molar refractivity (Wildman–Crippen MR) is 88.8 cm³/mol. The summed E-state index contributed by atoms with van der Waals surface area (Å²) in [5.41, 5.74) is 2.11. The standard InChI is InChI=1S/C14H18N2O4S2/c1-4-20-14(17)7-10-9-21-13-8-11(5-6-12(13)15-10)16(2)22(3,18)19/h5-6,8H,4,7,9H2,1-3H3. The zero-order valence-electron chi connectivity index (χ0n) is 12.7. The predicted octanol–water partition coefficient (Wildman–Crippen LogP) is 2.21. The topological polar surface area (TPSA) is 76.0 Å². The molecule has 0 radical (unpaired) electrons. The Morgan fingerprint density at radius 2 is 2.18 bits per heavy atom. The molecule has 0 saturated carbocycles. The fourth-order valence-electron chi connectivity index (χ4n) is 1.93. The number of fused-ring (bicyclic) bond motifs is 1. The lowest BCUT2D eigenvalue weighted by atomic mass is 10.2. The number of anilines is 1. The third-order valence-electron chi connectivity index (χ3n) is 3.13. The van der Waals surface area contributed by atoms with Crippen LogP contribution in [0.1, 0.15) is 13.3 Å². The van der Waals surface area contributed by atoms with Crippen molar-refractivity contribution in [3.63, 3.8) is 0 Å². The average molecular weight is 342 g/mol. The number of aliphatic imine (C=N–C) groups is 1. The number of nitrogens with zero attached hydrogens (tertiary/aromatic N) is 2. The molecule has 8 heteroatoms. The summed E-state index contributed by atoms with van der Waals surface area (Å²) in [4.78, 5) is 16.9. The third kappa shape index (κ3) is 4.01. The second kappa shape index (κ2) is 6.70. The molecule has 1 aliphatic heterocycles. The van der Waals surface area contributed by atoms with E-state index in [4.69, 9.17) is 4.74 Å². The number of carbonyl (C=O) groups excluding carboxylic acids is 1. The van der Waals surface area contributed by atoms with Gasteiger partial charge in [0.15, 0.2) is 0 Å². The molecule has 0 aromatic heterocycles. The first-order chi connectivity index (χ1) is 10.3. The molecule has 0 atom stereocenters. The third-order valence-corrected chi connectivity index (χ3v) is 5.45. The van der Waals surface area contributed by atoms with Gasteiger partial charge in [-0.2, -0.15) is 0 Å². The van der Waals surface area contributed by atoms with Gasteiger partial charge in [-0.3, -0.25) is 14.1 Å². The fourth-order valence-corrected chi connectivity index (χ4v) is 3.38. The van der Waals surface area contributed by atoms with Gasteiger partial charge in [0.25, 0.3) is 0 Å². The molecule has 6 nitrogen and oxygen atoms in total. The highest BCUT2D eigenvalue weighted by atomic mass is 32.2. The minimum Gasteiger partial charge on any atom is -0.466 e. The first-order valence-corrected chi connectivity index (χ1v) is 9.57. The molecule has 120 valence electrons. The highest BCUT2D eigenvalue weighted by Gasteiger charge is 2.19. The van der Waals surface area contributed by atoms with Gasteiger partial charge in [0.05, 0.1) is 30.7 Å². The largest absolute Gasteiger partial charge is 0.466 e. The molecule has 2 rings (SSSR count). The number of thioether (sulfide) groups is 1. The number of esters is 1. The number of rotatable bonds is 5. The van der Waals surface area contributed by atoms with Gasteiger partial charge in [-0.25, -0.2) is 8.42 Å². The monoisotopic (exact) mass is 342 g/mol. The van der Waals surface area contributed by atoms with Crippen LogP contribution in [-0.2, 0) is 19.6 Å². The van der Waals surface area contributed by atoms with Crippen LogP contribution in [0.5, 0.6) is 0 Å². The first kappa shape index (κ1) is 16.8. The number of hydrogen-bond donors (Lipinski definition) is 0. The summed E-state index contributed by atoms with van der Waals surface area (Å²) < 4.78 is 29.3. The fraction of sp³-hybridized carbons (Fsp3) is 0.429. The van der Waals surface area contributed by atoms with Gasteiger partial charge in [0, 0.05) is 23.4 Å². The van der Waals surface area contributed by atoms with Crippen LogP contribution in [-0.4, -0.2) is 45.8 Å². The van der Waals surface area contributed by atoms with E-state index in [0.29, 0.717) is 18.0 Å². The number of carbonyl (C=O) groups is 1. The molecule has 0 spiro atoms. The second-order valence-electron chi connectivity index (χ2n) is 4.83. The number of ether oxygens (including phenoxy) is 1. The number of benzene rings is 1. The van der Waals surface area contributed by atoms with Crippen molar-refractivity contribution in [1.82, 2.24) is 0 Å². The maximum Gasteiger partial charge on any atom is 0.311 e. The molecule has 0 N–H and O–H groups in total. The SMILES string of the molecule is CCOC(=O)CC1=Nc2ccc(N(C)S(C)(=O)=O)cc2SC1. The van der Waals surface area contributed by atoms with E-state index in [0.717, 1.165) is 22.6 Å². The molecule has 1 aliphatic rings. The van der Waals surface area contributed by atoms with Gasteiger partial charge < -0.3 is 4.74 Å². The Morgan fingerprint density at radius 3 is 2.82 bits per heavy atom. The van der Waals surface area contributed by atoms with Crippen molar-refractivity contribution in [3.05, 3.63) is 18.2 Å². The van der Waals surface area contributed by atoms with Gasteiger partial charge in [-0.15, -0.1) is 11.8 Å². The Hall–Kier alpha value is -1.54. The molecule has 0 bridgehead atoms. The highest BCUT2D eigenvalue weighted by Crippen LogP contribution is 2.37. The minimum atomic E-state index is -3.29. The second-order valence-corrected chi connectivity index (χ2v) is 7.86. The lowest BCUT2D eigenvalue weighted by Gasteiger charge is -2.20. The van der Waals surface area contributed by atoms with Crippen molar-refractivity contribution in [1.29, 1.82) is 0 Å². The van der Waals surface area contributed by atoms with Crippen molar-refractivity contribution < 1.29 is 17.9 Å². The molecule has 22 heavy (non-hydrogen) atoms. The van der Waals surface area contributed by atoms with E-state index in [1.54, 1.807) is 25.1 Å². The smallest absolute Gasteiger partial charge is 0.311 e. The van der Waals surface area contributed by atoms with Gasteiger partial charge in [0.2, 0.25) is 10.0 Å². The molecule has 1 aromatic carbocycles. The van der Waals surface area contributed by atoms with Crippen LogP contribution in [0.15, 0.2) is 28.1 Å². The van der Waals surface area contributed by atoms with Crippen molar-refractivity contribution in [2.45, 2.75) is 18.2 Å². The van der Waals surface area contributed by atoms with Crippen LogP contribution in [0.2, 0.25) is 0 Å². The highest BCUT2D eigenvalue weighted by molar-refractivity contribution is 8.00. The Balaban J connectivity index is 2.21. The van der Waals surface area contributed by atoms with Gasteiger partial charge in [-0.1, -0.05) is 0 Å². The van der Waals surface area contributed by atoms with Gasteiger partial charge >= 0.3 is 5.97 Å². The van der Waals surface area contributed by atoms with E-state index in [9.17, 15) is 13.2 Å². The van der Waals surface area contributed by atoms with Crippen molar-refractivity contribution in [2.75, 3.05) is 30.0 Å². The van der Waals surface area contributed by atoms with Crippen molar-refractivity contribution in [2.24, 2.45) is 4.99 Å². The van der Waals surface area contributed by atoms with Crippen LogP contribution in [0.25, 0.3) is 0 Å². The Bertz CT molecular complexity index is 714. The summed E-state index contributed by atoms with van der Waals surface area (Å²) in [5, 5.41) is 0. The summed E-state index contributed by atoms with van der Waals surface area (Å²) in [6.45, 7) is 2.13. The van der Waals surface area contributed by atoms with Crippen LogP contribution in [0.4, 0.5) is 11.4 Å². The molecular weight excluding hydrogens is 324 g/mol. The Labute approximate surface area is 134 Å². The molecule has 1 aromatic rings. The summed E-state index contributed by atoms with van der Waals surface area (Å²) in [6, 6.07) is 5.27. The lowest BCUT2D eigenvalue weighted by Crippen LogP contribution is -2.24. The van der Waals surface area contributed by atoms with Crippen molar-refractivity contribution in [3.8, 4) is 0 Å². The van der Waals surface area contributed by atoms with Gasteiger partial charge in [0.1, 0.15) is 0 Å². The van der Waals surface area contributed by atoms with E-state index in [1.165, 1.54) is 23.1 Å². The van der Waals surface area contributed by atoms with E-state index < -0.39 is 10.0 Å². The van der Waals surface area contributed by atoms with Crippen LogP contribution >= 0.6 is 11.8 Å². The molecule has 1 heterocycles. The minimum absolute atomic E-state index is 0.186. The normalized spacial score (nSPS) is 14.0.